The Hall–Kier alpha value is -6.70. The fourth-order valence-corrected chi connectivity index (χ4v) is 9.09. The predicted octanol–water partition coefficient (Wildman–Crippen LogP) is 14.4. The minimum Gasteiger partial charge on any atom is -0.310 e. The van der Waals surface area contributed by atoms with Gasteiger partial charge in [-0.25, -0.2) is 0 Å². The van der Waals surface area contributed by atoms with Crippen LogP contribution in [-0.4, -0.2) is 0 Å². The third kappa shape index (κ3) is 5.79. The fraction of sp³-hybridized carbons (Fsp3) is 0.0909. The van der Waals surface area contributed by atoms with Crippen LogP contribution >= 0.6 is 0 Å². The smallest absolute Gasteiger partial charge is 0.0506 e. The van der Waals surface area contributed by atoms with Crippen LogP contribution < -0.4 is 4.90 Å². The summed E-state index contributed by atoms with van der Waals surface area (Å²) in [5.41, 5.74) is 18.5. The molecule has 8 aromatic carbocycles. The standard InChI is InChI=1S/C55H43N/c1-38-22-33-48(34-23-38)56-53-20-9-7-18-50(53)55(2,51-19-8-10-21-54(51)56)52-37-47(42-17-11-16-39-12-3-4-13-40(39)24-25-42)32-35-49(52)44-29-26-43(27-30-44)46-31-28-41-14-5-6-15-45(41)36-46/h3-15,17-23,25-37H,16,24H2,1-2H3/b17-11?,42-25+. The van der Waals surface area contributed by atoms with E-state index >= 15 is 0 Å². The molecule has 1 heteroatoms. The van der Waals surface area contributed by atoms with E-state index in [0.29, 0.717) is 0 Å². The zero-order valence-corrected chi connectivity index (χ0v) is 31.9. The molecule has 1 nitrogen and oxygen atoms in total. The highest BCUT2D eigenvalue weighted by Crippen LogP contribution is 2.56. The molecular weight excluding hydrogens is 675 g/mol. The monoisotopic (exact) mass is 717 g/mol. The van der Waals surface area contributed by atoms with Gasteiger partial charge in [0.05, 0.1) is 11.4 Å². The fourth-order valence-electron chi connectivity index (χ4n) is 9.09. The lowest BCUT2D eigenvalue weighted by molar-refractivity contribution is 0.683. The van der Waals surface area contributed by atoms with Crippen molar-refractivity contribution < 1.29 is 0 Å². The first kappa shape index (κ1) is 33.8. The van der Waals surface area contributed by atoms with Crippen LogP contribution in [0.15, 0.2) is 200 Å². The van der Waals surface area contributed by atoms with Crippen LogP contribution in [0.2, 0.25) is 0 Å². The Morgan fingerprint density at radius 3 is 1.79 bits per heavy atom. The molecule has 0 saturated heterocycles. The Morgan fingerprint density at radius 2 is 1.05 bits per heavy atom. The van der Waals surface area contributed by atoms with Crippen molar-refractivity contribution in [1.82, 2.24) is 0 Å². The molecule has 0 N–H and O–H groups in total. The number of rotatable bonds is 5. The van der Waals surface area contributed by atoms with Crippen LogP contribution in [-0.2, 0) is 18.3 Å². The van der Waals surface area contributed by atoms with Gasteiger partial charge in [0.2, 0.25) is 0 Å². The molecule has 2 aliphatic rings. The van der Waals surface area contributed by atoms with Crippen LogP contribution in [0.4, 0.5) is 17.1 Å². The Morgan fingerprint density at radius 1 is 0.464 bits per heavy atom. The van der Waals surface area contributed by atoms with Gasteiger partial charge in [0.1, 0.15) is 0 Å². The van der Waals surface area contributed by atoms with E-state index in [4.69, 9.17) is 0 Å². The molecule has 0 amide bonds. The number of para-hydroxylation sites is 2. The summed E-state index contributed by atoms with van der Waals surface area (Å²) in [5.74, 6) is 0. The first-order valence-electron chi connectivity index (χ1n) is 19.8. The maximum Gasteiger partial charge on any atom is 0.0506 e. The predicted molar refractivity (Wildman–Crippen MR) is 237 cm³/mol. The van der Waals surface area contributed by atoms with E-state index < -0.39 is 5.41 Å². The molecule has 268 valence electrons. The first-order chi connectivity index (χ1) is 27.5. The second kappa shape index (κ2) is 13.9. The first-order valence-corrected chi connectivity index (χ1v) is 19.8. The molecule has 0 radical (unpaired) electrons. The summed E-state index contributed by atoms with van der Waals surface area (Å²) < 4.78 is 0. The van der Waals surface area contributed by atoms with Gasteiger partial charge in [-0.15, -0.1) is 0 Å². The van der Waals surface area contributed by atoms with E-state index in [1.165, 1.54) is 94.6 Å². The van der Waals surface area contributed by atoms with Gasteiger partial charge in [0, 0.05) is 11.1 Å². The minimum absolute atomic E-state index is 0.463. The highest BCUT2D eigenvalue weighted by molar-refractivity contribution is 5.91. The summed E-state index contributed by atoms with van der Waals surface area (Å²) in [7, 11) is 0. The summed E-state index contributed by atoms with van der Waals surface area (Å²) in [5, 5.41) is 2.52. The largest absolute Gasteiger partial charge is 0.310 e. The normalized spacial score (nSPS) is 15.2. The third-order valence-corrected chi connectivity index (χ3v) is 12.1. The van der Waals surface area contributed by atoms with Crippen LogP contribution in [0, 0.1) is 6.92 Å². The van der Waals surface area contributed by atoms with E-state index in [9.17, 15) is 0 Å². The molecule has 0 unspecified atom stereocenters. The average molecular weight is 718 g/mol. The van der Waals surface area contributed by atoms with Crippen LogP contribution in [0.1, 0.15) is 45.9 Å². The molecule has 0 aromatic heterocycles. The summed E-state index contributed by atoms with van der Waals surface area (Å²) in [4.78, 5) is 2.45. The number of nitrogens with zero attached hydrogens (tertiary/aromatic N) is 1. The van der Waals surface area contributed by atoms with Crippen molar-refractivity contribution in [2.24, 2.45) is 0 Å². The third-order valence-electron chi connectivity index (χ3n) is 12.1. The maximum absolute atomic E-state index is 2.49. The molecule has 0 fully saturated rings. The van der Waals surface area contributed by atoms with Crippen LogP contribution in [0.5, 0.6) is 0 Å². The van der Waals surface area contributed by atoms with E-state index in [1.807, 2.05) is 0 Å². The Bertz CT molecular complexity index is 2770. The highest BCUT2D eigenvalue weighted by Gasteiger charge is 2.42. The molecule has 1 aliphatic carbocycles. The zero-order chi connectivity index (χ0) is 37.6. The molecule has 0 bridgehead atoms. The lowest BCUT2D eigenvalue weighted by Gasteiger charge is -2.45. The highest BCUT2D eigenvalue weighted by atomic mass is 15.2. The van der Waals surface area contributed by atoms with Gasteiger partial charge >= 0.3 is 0 Å². The molecule has 0 spiro atoms. The molecular formula is C55H43N. The van der Waals surface area contributed by atoms with E-state index in [0.717, 1.165) is 12.8 Å². The number of aryl methyl sites for hydroxylation is 1. The number of hydrogen-bond acceptors (Lipinski definition) is 1. The van der Waals surface area contributed by atoms with Gasteiger partial charge in [-0.05, 0) is 135 Å². The SMILES string of the molecule is Cc1ccc(N2c3ccccc3C(C)(c3cc(/C4=C/Cc5ccccc5CC=C4)ccc3-c3ccc(-c4ccc5ccccc5c4)cc3)c3ccccc32)cc1. The van der Waals surface area contributed by atoms with Gasteiger partial charge in [-0.3, -0.25) is 0 Å². The van der Waals surface area contributed by atoms with Crippen molar-refractivity contribution >= 4 is 33.4 Å². The summed E-state index contributed by atoms with van der Waals surface area (Å²) in [6.07, 6.45) is 8.93. The molecule has 1 aliphatic heterocycles. The number of anilines is 3. The maximum atomic E-state index is 2.49. The van der Waals surface area contributed by atoms with Crippen molar-refractivity contribution in [2.75, 3.05) is 4.90 Å². The average Bonchev–Trinajstić information content (AvgIpc) is 3.24. The Balaban J connectivity index is 1.16. The lowest BCUT2D eigenvalue weighted by Crippen LogP contribution is -2.34. The van der Waals surface area contributed by atoms with E-state index in [1.54, 1.807) is 0 Å². The summed E-state index contributed by atoms with van der Waals surface area (Å²) in [6, 6.07) is 67.6. The number of benzene rings is 8. The zero-order valence-electron chi connectivity index (χ0n) is 31.9. The summed E-state index contributed by atoms with van der Waals surface area (Å²) in [6.45, 7) is 4.60. The van der Waals surface area contributed by atoms with Crippen LogP contribution in [0.3, 0.4) is 0 Å². The van der Waals surface area contributed by atoms with Gasteiger partial charge < -0.3 is 4.90 Å². The minimum atomic E-state index is -0.463. The second-order valence-corrected chi connectivity index (χ2v) is 15.5. The Labute approximate surface area is 330 Å². The Kier molecular flexibility index (Phi) is 8.37. The molecule has 1 heterocycles. The quantitative estimate of drug-likeness (QED) is 0.171. The topological polar surface area (TPSA) is 3.24 Å². The lowest BCUT2D eigenvalue weighted by atomic mass is 9.65. The molecule has 0 atom stereocenters. The summed E-state index contributed by atoms with van der Waals surface area (Å²) >= 11 is 0. The van der Waals surface area contributed by atoms with Crippen molar-refractivity contribution in [1.29, 1.82) is 0 Å². The van der Waals surface area contributed by atoms with Gasteiger partial charge in [-0.2, -0.15) is 0 Å². The van der Waals surface area contributed by atoms with Crippen molar-refractivity contribution in [3.05, 3.63) is 239 Å². The van der Waals surface area contributed by atoms with E-state index in [2.05, 4.69) is 219 Å². The van der Waals surface area contributed by atoms with Crippen molar-refractivity contribution in [3.8, 4) is 22.3 Å². The second-order valence-electron chi connectivity index (χ2n) is 15.5. The molecule has 0 saturated carbocycles. The van der Waals surface area contributed by atoms with Crippen molar-refractivity contribution in [3.63, 3.8) is 0 Å². The van der Waals surface area contributed by atoms with Gasteiger partial charge in [0.15, 0.2) is 0 Å². The van der Waals surface area contributed by atoms with E-state index in [-0.39, 0.29) is 0 Å². The number of allylic oxidation sites excluding steroid dienone is 4. The van der Waals surface area contributed by atoms with Gasteiger partial charge in [-0.1, -0.05) is 169 Å². The van der Waals surface area contributed by atoms with Crippen LogP contribution in [0.25, 0.3) is 38.6 Å². The number of fused-ring (bicyclic) bond motifs is 4. The molecule has 10 rings (SSSR count). The number of hydrogen-bond donors (Lipinski definition) is 0. The molecule has 8 aromatic rings. The van der Waals surface area contributed by atoms with Gasteiger partial charge in [0.25, 0.3) is 0 Å². The molecule has 56 heavy (non-hydrogen) atoms. The van der Waals surface area contributed by atoms with Crippen molar-refractivity contribution in [2.45, 2.75) is 32.1 Å².